The Bertz CT molecular complexity index is 628. The smallest absolute Gasteiger partial charge is 0.407 e. The van der Waals surface area contributed by atoms with Crippen molar-refractivity contribution in [2.75, 3.05) is 12.3 Å². The fourth-order valence-electron chi connectivity index (χ4n) is 1.98. The highest BCUT2D eigenvalue weighted by atomic mass is 16.6. The third-order valence-corrected chi connectivity index (χ3v) is 3.09. The van der Waals surface area contributed by atoms with Crippen LogP contribution in [0.2, 0.25) is 0 Å². The van der Waals surface area contributed by atoms with Crippen molar-refractivity contribution in [1.82, 2.24) is 10.3 Å². The summed E-state index contributed by atoms with van der Waals surface area (Å²) in [4.78, 5) is 25.5. The predicted octanol–water partition coefficient (Wildman–Crippen LogP) is 0.799. The SMILES string of the molecule is Cc1c(C(O)C(O)CNC(=O)OC(C)(C)C)cnc(N)c1[N+](=O)[O-]. The number of aromatic nitrogens is 1. The van der Waals surface area contributed by atoms with E-state index in [1.165, 1.54) is 6.92 Å². The summed E-state index contributed by atoms with van der Waals surface area (Å²) in [5, 5.41) is 33.5. The van der Waals surface area contributed by atoms with Crippen LogP contribution in [0.15, 0.2) is 6.20 Å². The van der Waals surface area contributed by atoms with Gasteiger partial charge in [-0.2, -0.15) is 0 Å². The van der Waals surface area contributed by atoms with E-state index in [0.717, 1.165) is 6.20 Å². The van der Waals surface area contributed by atoms with Gasteiger partial charge < -0.3 is 26.0 Å². The van der Waals surface area contributed by atoms with Crippen LogP contribution in [0.1, 0.15) is 38.0 Å². The van der Waals surface area contributed by atoms with Crippen molar-refractivity contribution in [3.8, 4) is 0 Å². The fraction of sp³-hybridized carbons (Fsp3) is 0.571. The molecule has 134 valence electrons. The van der Waals surface area contributed by atoms with Gasteiger partial charge in [0.2, 0.25) is 5.82 Å². The Balaban J connectivity index is 2.83. The van der Waals surface area contributed by atoms with Gasteiger partial charge in [0.1, 0.15) is 17.8 Å². The Morgan fingerprint density at radius 2 is 2.08 bits per heavy atom. The molecular formula is C14H22N4O6. The quantitative estimate of drug-likeness (QED) is 0.451. The molecule has 0 aromatic carbocycles. The van der Waals surface area contributed by atoms with E-state index in [4.69, 9.17) is 10.5 Å². The molecule has 0 spiro atoms. The van der Waals surface area contributed by atoms with E-state index >= 15 is 0 Å². The Labute approximate surface area is 138 Å². The summed E-state index contributed by atoms with van der Waals surface area (Å²) in [5.74, 6) is -0.283. The third kappa shape index (κ3) is 5.03. The number of hydrogen-bond donors (Lipinski definition) is 4. The number of rotatable bonds is 5. The Morgan fingerprint density at radius 3 is 2.58 bits per heavy atom. The Morgan fingerprint density at radius 1 is 1.50 bits per heavy atom. The van der Waals surface area contributed by atoms with Gasteiger partial charge in [0.25, 0.3) is 0 Å². The molecule has 0 aliphatic carbocycles. The second kappa shape index (κ2) is 7.41. The summed E-state index contributed by atoms with van der Waals surface area (Å²) in [6.45, 7) is 6.12. The molecular weight excluding hydrogens is 320 g/mol. The van der Waals surface area contributed by atoms with E-state index in [0.29, 0.717) is 0 Å². The number of carbonyl (C=O) groups is 1. The van der Waals surface area contributed by atoms with Gasteiger partial charge in [-0.05, 0) is 27.7 Å². The predicted molar refractivity (Wildman–Crippen MR) is 85.2 cm³/mol. The molecule has 2 atom stereocenters. The third-order valence-electron chi connectivity index (χ3n) is 3.09. The van der Waals surface area contributed by atoms with Crippen molar-refractivity contribution in [3.63, 3.8) is 0 Å². The van der Waals surface area contributed by atoms with Gasteiger partial charge >= 0.3 is 11.8 Å². The van der Waals surface area contributed by atoms with Crippen molar-refractivity contribution in [1.29, 1.82) is 0 Å². The number of alkyl carbamates (subject to hydrolysis) is 1. The molecule has 0 radical (unpaired) electrons. The monoisotopic (exact) mass is 342 g/mol. The summed E-state index contributed by atoms with van der Waals surface area (Å²) in [7, 11) is 0. The molecule has 0 aliphatic rings. The first kappa shape index (κ1) is 19.6. The van der Waals surface area contributed by atoms with E-state index in [2.05, 4.69) is 10.3 Å². The highest BCUT2D eigenvalue weighted by Crippen LogP contribution is 2.30. The van der Waals surface area contributed by atoms with Crippen LogP contribution in [-0.4, -0.2) is 44.5 Å². The van der Waals surface area contributed by atoms with Crippen molar-refractivity contribution >= 4 is 17.6 Å². The lowest BCUT2D eigenvalue weighted by Gasteiger charge is -2.22. The second-order valence-electron chi connectivity index (χ2n) is 6.22. The molecule has 10 heteroatoms. The van der Waals surface area contributed by atoms with Crippen LogP contribution in [0, 0.1) is 17.0 Å². The maximum Gasteiger partial charge on any atom is 0.407 e. The first-order valence-corrected chi connectivity index (χ1v) is 7.16. The zero-order valence-electron chi connectivity index (χ0n) is 13.9. The number of amides is 1. The molecule has 1 heterocycles. The number of nitrogens with two attached hydrogens (primary N) is 1. The Hall–Kier alpha value is -2.46. The van der Waals surface area contributed by atoms with Gasteiger partial charge in [-0.15, -0.1) is 0 Å². The highest BCUT2D eigenvalue weighted by Gasteiger charge is 2.27. The lowest BCUT2D eigenvalue weighted by Crippen LogP contribution is -2.39. The van der Waals surface area contributed by atoms with Gasteiger partial charge in [-0.25, -0.2) is 9.78 Å². The topological polar surface area (TPSA) is 161 Å². The number of ether oxygens (including phenoxy) is 1. The van der Waals surface area contributed by atoms with Crippen molar-refractivity contribution in [2.45, 2.75) is 45.5 Å². The fourth-order valence-corrected chi connectivity index (χ4v) is 1.98. The number of nitrogens with one attached hydrogen (secondary N) is 1. The summed E-state index contributed by atoms with van der Waals surface area (Å²) >= 11 is 0. The summed E-state index contributed by atoms with van der Waals surface area (Å²) in [6, 6.07) is 0. The largest absolute Gasteiger partial charge is 0.444 e. The molecule has 1 rings (SSSR count). The molecule has 0 saturated heterocycles. The Kier molecular flexibility index (Phi) is 6.04. The number of nitrogens with zero attached hydrogens (tertiary/aromatic N) is 2. The number of aliphatic hydroxyl groups is 2. The second-order valence-corrected chi connectivity index (χ2v) is 6.22. The first-order valence-electron chi connectivity index (χ1n) is 7.16. The average Bonchev–Trinajstić information content (AvgIpc) is 2.42. The zero-order chi connectivity index (χ0) is 18.7. The van der Waals surface area contributed by atoms with Crippen LogP contribution in [0.25, 0.3) is 0 Å². The number of aliphatic hydroxyl groups excluding tert-OH is 2. The first-order chi connectivity index (χ1) is 10.9. The lowest BCUT2D eigenvalue weighted by molar-refractivity contribution is -0.384. The van der Waals surface area contributed by atoms with E-state index in [9.17, 15) is 25.1 Å². The van der Waals surface area contributed by atoms with Crippen LogP contribution < -0.4 is 11.1 Å². The van der Waals surface area contributed by atoms with E-state index in [1.54, 1.807) is 20.8 Å². The molecule has 1 aromatic heterocycles. The lowest BCUT2D eigenvalue weighted by atomic mass is 10.0. The minimum absolute atomic E-state index is 0.0504. The summed E-state index contributed by atoms with van der Waals surface area (Å²) in [5.41, 5.74) is 4.46. The van der Waals surface area contributed by atoms with Crippen LogP contribution in [0.5, 0.6) is 0 Å². The molecule has 5 N–H and O–H groups in total. The normalized spacial score (nSPS) is 13.9. The number of carbonyl (C=O) groups excluding carboxylic acids is 1. The molecule has 2 unspecified atom stereocenters. The van der Waals surface area contributed by atoms with Crippen LogP contribution in [0.3, 0.4) is 0 Å². The number of hydrogen-bond acceptors (Lipinski definition) is 8. The van der Waals surface area contributed by atoms with Gasteiger partial charge in [-0.1, -0.05) is 0 Å². The van der Waals surface area contributed by atoms with E-state index in [1.807, 2.05) is 0 Å². The van der Waals surface area contributed by atoms with Crippen molar-refractivity contribution in [3.05, 3.63) is 27.4 Å². The van der Waals surface area contributed by atoms with Gasteiger partial charge in [-0.3, -0.25) is 10.1 Å². The van der Waals surface area contributed by atoms with Crippen molar-refractivity contribution < 1.29 is 24.7 Å². The van der Waals surface area contributed by atoms with Gasteiger partial charge in [0, 0.05) is 23.9 Å². The maximum absolute atomic E-state index is 11.5. The van der Waals surface area contributed by atoms with E-state index in [-0.39, 0.29) is 23.5 Å². The number of nitrogen functional groups attached to an aromatic ring is 1. The van der Waals surface area contributed by atoms with Gasteiger partial charge in [0.05, 0.1) is 4.92 Å². The molecule has 24 heavy (non-hydrogen) atoms. The molecule has 1 aromatic rings. The molecule has 0 fully saturated rings. The molecule has 10 nitrogen and oxygen atoms in total. The minimum Gasteiger partial charge on any atom is -0.444 e. The van der Waals surface area contributed by atoms with Crippen molar-refractivity contribution in [2.24, 2.45) is 0 Å². The summed E-state index contributed by atoms with van der Waals surface area (Å²) < 4.78 is 5.00. The van der Waals surface area contributed by atoms with Crippen LogP contribution in [0.4, 0.5) is 16.3 Å². The van der Waals surface area contributed by atoms with Crippen LogP contribution in [-0.2, 0) is 4.74 Å². The number of pyridine rings is 1. The minimum atomic E-state index is -1.49. The molecule has 0 bridgehead atoms. The molecule has 0 aliphatic heterocycles. The highest BCUT2D eigenvalue weighted by molar-refractivity contribution is 5.67. The molecule has 1 amide bonds. The molecule has 0 saturated carbocycles. The number of nitro groups is 1. The zero-order valence-corrected chi connectivity index (χ0v) is 13.9. The average molecular weight is 342 g/mol. The van der Waals surface area contributed by atoms with Gasteiger partial charge in [0.15, 0.2) is 0 Å². The number of anilines is 1. The maximum atomic E-state index is 11.5. The van der Waals surface area contributed by atoms with Crippen LogP contribution >= 0.6 is 0 Å². The summed E-state index contributed by atoms with van der Waals surface area (Å²) in [6.07, 6.45) is -2.51. The van der Waals surface area contributed by atoms with E-state index < -0.39 is 34.5 Å². The standard InChI is InChI=1S/C14H22N4O6/c1-7-8(5-16-12(15)10(7)18(22)23)11(20)9(19)6-17-13(21)24-14(2,3)4/h5,9,11,19-20H,6H2,1-4H3,(H2,15,16)(H,17,21).